The van der Waals surface area contributed by atoms with Crippen LogP contribution in [0.1, 0.15) is 0 Å². The van der Waals surface area contributed by atoms with Crippen LogP contribution in [0.25, 0.3) is 10.9 Å². The Morgan fingerprint density at radius 2 is 2.15 bits per heavy atom. The maximum atomic E-state index is 5.52. The number of hydrogen-bond donors (Lipinski definition) is 1. The zero-order chi connectivity index (χ0) is 9.26. The molecule has 0 atom stereocenters. The van der Waals surface area contributed by atoms with Gasteiger partial charge in [-0.05, 0) is 23.6 Å². The van der Waals surface area contributed by atoms with Crippen LogP contribution >= 0.6 is 15.9 Å². The van der Waals surface area contributed by atoms with Crippen LogP contribution in [0.5, 0.6) is 0 Å². The molecule has 0 aliphatic rings. The van der Waals surface area contributed by atoms with E-state index in [0.717, 1.165) is 11.0 Å². The van der Waals surface area contributed by atoms with Gasteiger partial charge >= 0.3 is 0 Å². The summed E-state index contributed by atoms with van der Waals surface area (Å²) in [6.45, 7) is 1.55. The van der Waals surface area contributed by atoms with Crippen LogP contribution in [0.15, 0.2) is 34.9 Å². The van der Waals surface area contributed by atoms with E-state index in [1.165, 1.54) is 10.9 Å². The lowest BCUT2D eigenvalue weighted by Crippen LogP contribution is -2.08. The molecule has 0 unspecified atom stereocenters. The Balaban J connectivity index is 2.58. The maximum Gasteiger partial charge on any atom is 0.0492 e. The molecule has 0 aliphatic carbocycles. The zero-order valence-electron chi connectivity index (χ0n) is 7.20. The fraction of sp³-hybridized carbons (Fsp3) is 0.200. The van der Waals surface area contributed by atoms with Crippen LogP contribution in [0.4, 0.5) is 0 Å². The minimum absolute atomic E-state index is 0.677. The molecule has 0 radical (unpaired) electrons. The van der Waals surface area contributed by atoms with E-state index in [4.69, 9.17) is 5.73 Å². The lowest BCUT2D eigenvalue weighted by molar-refractivity contribution is 0.735. The third kappa shape index (κ3) is 1.62. The van der Waals surface area contributed by atoms with Crippen molar-refractivity contribution in [3.8, 4) is 0 Å². The summed E-state index contributed by atoms with van der Waals surface area (Å²) in [5.41, 5.74) is 6.75. The van der Waals surface area contributed by atoms with Gasteiger partial charge in [-0.1, -0.05) is 22.0 Å². The molecule has 0 saturated heterocycles. The van der Waals surface area contributed by atoms with E-state index < -0.39 is 0 Å². The Labute approximate surface area is 85.5 Å². The third-order valence-electron chi connectivity index (χ3n) is 2.11. The molecule has 2 nitrogen and oxygen atoms in total. The van der Waals surface area contributed by atoms with E-state index in [1.54, 1.807) is 0 Å². The maximum absolute atomic E-state index is 5.52. The third-order valence-corrected chi connectivity index (χ3v) is 2.60. The molecule has 13 heavy (non-hydrogen) atoms. The molecule has 0 spiro atoms. The molecule has 0 amide bonds. The lowest BCUT2D eigenvalue weighted by Gasteiger charge is -2.02. The Morgan fingerprint density at radius 3 is 2.92 bits per heavy atom. The number of rotatable bonds is 2. The minimum atomic E-state index is 0.677. The van der Waals surface area contributed by atoms with E-state index in [0.29, 0.717) is 6.54 Å². The first-order chi connectivity index (χ1) is 6.31. The monoisotopic (exact) mass is 238 g/mol. The highest BCUT2D eigenvalue weighted by molar-refractivity contribution is 9.10. The van der Waals surface area contributed by atoms with Crippen molar-refractivity contribution in [1.29, 1.82) is 0 Å². The van der Waals surface area contributed by atoms with E-state index in [2.05, 4.69) is 51.0 Å². The van der Waals surface area contributed by atoms with Crippen molar-refractivity contribution in [2.24, 2.45) is 5.73 Å². The molecule has 0 fully saturated rings. The van der Waals surface area contributed by atoms with E-state index >= 15 is 0 Å². The molecule has 68 valence electrons. The van der Waals surface area contributed by atoms with Gasteiger partial charge in [0.1, 0.15) is 0 Å². The van der Waals surface area contributed by atoms with Gasteiger partial charge in [0, 0.05) is 29.3 Å². The normalized spacial score (nSPS) is 10.9. The summed E-state index contributed by atoms with van der Waals surface area (Å²) in [7, 11) is 0. The van der Waals surface area contributed by atoms with Crippen molar-refractivity contribution in [2.75, 3.05) is 6.54 Å². The Morgan fingerprint density at radius 1 is 1.31 bits per heavy atom. The molecule has 0 saturated carbocycles. The van der Waals surface area contributed by atoms with Gasteiger partial charge < -0.3 is 10.3 Å². The Bertz CT molecular complexity index is 420. The van der Waals surface area contributed by atoms with Gasteiger partial charge in [-0.3, -0.25) is 0 Å². The molecular formula is C10H11BrN2. The summed E-state index contributed by atoms with van der Waals surface area (Å²) >= 11 is 3.46. The molecule has 0 bridgehead atoms. The number of nitrogens with two attached hydrogens (primary N) is 1. The van der Waals surface area contributed by atoms with Crippen LogP contribution < -0.4 is 5.73 Å². The van der Waals surface area contributed by atoms with Gasteiger partial charge in [0.2, 0.25) is 0 Å². The standard InChI is InChI=1S/C10H11BrN2/c11-9-2-1-8-3-5-13(6-4-12)10(8)7-9/h1-3,5,7H,4,6,12H2. The topological polar surface area (TPSA) is 30.9 Å². The van der Waals surface area contributed by atoms with Gasteiger partial charge in [0.05, 0.1) is 0 Å². The predicted molar refractivity (Wildman–Crippen MR) is 58.7 cm³/mol. The second-order valence-electron chi connectivity index (χ2n) is 3.00. The van der Waals surface area contributed by atoms with Crippen molar-refractivity contribution < 1.29 is 0 Å². The van der Waals surface area contributed by atoms with Crippen molar-refractivity contribution in [3.05, 3.63) is 34.9 Å². The highest BCUT2D eigenvalue weighted by Gasteiger charge is 1.99. The molecule has 0 aliphatic heterocycles. The second kappa shape index (κ2) is 3.52. The quantitative estimate of drug-likeness (QED) is 0.856. The summed E-state index contributed by atoms with van der Waals surface area (Å²) in [5, 5.41) is 1.26. The summed E-state index contributed by atoms with van der Waals surface area (Å²) in [4.78, 5) is 0. The number of fused-ring (bicyclic) bond motifs is 1. The average Bonchev–Trinajstić information content (AvgIpc) is 2.49. The highest BCUT2D eigenvalue weighted by Crippen LogP contribution is 2.20. The Hall–Kier alpha value is -0.800. The fourth-order valence-corrected chi connectivity index (χ4v) is 1.84. The highest BCUT2D eigenvalue weighted by atomic mass is 79.9. The molecule has 1 aromatic heterocycles. The van der Waals surface area contributed by atoms with Crippen LogP contribution in [-0.4, -0.2) is 11.1 Å². The van der Waals surface area contributed by atoms with Crippen molar-refractivity contribution in [2.45, 2.75) is 6.54 Å². The summed E-state index contributed by atoms with van der Waals surface area (Å²) in [5.74, 6) is 0. The largest absolute Gasteiger partial charge is 0.346 e. The van der Waals surface area contributed by atoms with Gasteiger partial charge in [-0.2, -0.15) is 0 Å². The van der Waals surface area contributed by atoms with Crippen molar-refractivity contribution in [3.63, 3.8) is 0 Å². The van der Waals surface area contributed by atoms with Crippen LogP contribution in [0, 0.1) is 0 Å². The summed E-state index contributed by atoms with van der Waals surface area (Å²) in [6.07, 6.45) is 2.07. The molecule has 2 rings (SSSR count). The second-order valence-corrected chi connectivity index (χ2v) is 3.92. The first-order valence-electron chi connectivity index (χ1n) is 4.26. The lowest BCUT2D eigenvalue weighted by atomic mass is 10.2. The smallest absolute Gasteiger partial charge is 0.0492 e. The van der Waals surface area contributed by atoms with E-state index in [9.17, 15) is 0 Å². The van der Waals surface area contributed by atoms with Crippen LogP contribution in [-0.2, 0) is 6.54 Å². The molecule has 2 aromatic rings. The van der Waals surface area contributed by atoms with Gasteiger partial charge in [0.25, 0.3) is 0 Å². The molecular weight excluding hydrogens is 228 g/mol. The molecule has 1 heterocycles. The van der Waals surface area contributed by atoms with E-state index in [1.807, 2.05) is 0 Å². The molecule has 1 aromatic carbocycles. The first-order valence-corrected chi connectivity index (χ1v) is 5.05. The van der Waals surface area contributed by atoms with Crippen LogP contribution in [0.2, 0.25) is 0 Å². The number of hydrogen-bond acceptors (Lipinski definition) is 1. The Kier molecular flexibility index (Phi) is 2.38. The predicted octanol–water partition coefficient (Wildman–Crippen LogP) is 2.36. The fourth-order valence-electron chi connectivity index (χ4n) is 1.49. The van der Waals surface area contributed by atoms with E-state index in [-0.39, 0.29) is 0 Å². The minimum Gasteiger partial charge on any atom is -0.346 e. The number of benzene rings is 1. The van der Waals surface area contributed by atoms with Gasteiger partial charge in [0.15, 0.2) is 0 Å². The summed E-state index contributed by atoms with van der Waals surface area (Å²) < 4.78 is 3.28. The van der Waals surface area contributed by atoms with Crippen LogP contribution in [0.3, 0.4) is 0 Å². The summed E-state index contributed by atoms with van der Waals surface area (Å²) in [6, 6.07) is 8.38. The number of aromatic nitrogens is 1. The van der Waals surface area contributed by atoms with Gasteiger partial charge in [-0.25, -0.2) is 0 Å². The number of halogens is 1. The zero-order valence-corrected chi connectivity index (χ0v) is 8.79. The molecule has 2 N–H and O–H groups in total. The SMILES string of the molecule is NCCn1ccc2ccc(Br)cc21. The molecule has 3 heteroatoms. The average molecular weight is 239 g/mol. The first kappa shape index (κ1) is 8.78. The van der Waals surface area contributed by atoms with Gasteiger partial charge in [-0.15, -0.1) is 0 Å². The number of nitrogens with zero attached hydrogens (tertiary/aromatic N) is 1. The van der Waals surface area contributed by atoms with Crippen molar-refractivity contribution in [1.82, 2.24) is 4.57 Å². The van der Waals surface area contributed by atoms with Crippen molar-refractivity contribution >= 4 is 26.8 Å².